The quantitative estimate of drug-likeness (QED) is 0.765. The van der Waals surface area contributed by atoms with Crippen LogP contribution in [0.3, 0.4) is 0 Å². The number of morpholine rings is 1. The number of thiocarbonyl (C=S) groups is 1. The average Bonchev–Trinajstić information content (AvgIpc) is 2.55. The van der Waals surface area contributed by atoms with Crippen LogP contribution in [0.4, 0.5) is 5.69 Å². The van der Waals surface area contributed by atoms with Crippen molar-refractivity contribution in [1.29, 1.82) is 0 Å². The van der Waals surface area contributed by atoms with Crippen molar-refractivity contribution in [2.75, 3.05) is 58.9 Å². The Labute approximate surface area is 136 Å². The normalized spacial score (nSPS) is 15.2. The number of rotatable bonds is 6. The minimum absolute atomic E-state index is 0.598. The zero-order valence-corrected chi connectivity index (χ0v) is 13.9. The summed E-state index contributed by atoms with van der Waals surface area (Å²) in [6, 6.07) is 5.60. The van der Waals surface area contributed by atoms with Crippen molar-refractivity contribution >= 4 is 23.0 Å². The molecule has 1 heterocycles. The molecule has 22 heavy (non-hydrogen) atoms. The third kappa shape index (κ3) is 5.01. The molecule has 0 amide bonds. The Morgan fingerprint density at radius 1 is 1.23 bits per heavy atom. The van der Waals surface area contributed by atoms with E-state index in [1.165, 1.54) is 0 Å². The average molecular weight is 325 g/mol. The third-order valence-corrected chi connectivity index (χ3v) is 3.71. The predicted octanol–water partition coefficient (Wildman–Crippen LogP) is 1.32. The van der Waals surface area contributed by atoms with Crippen molar-refractivity contribution in [2.45, 2.75) is 0 Å². The van der Waals surface area contributed by atoms with Crippen molar-refractivity contribution in [3.8, 4) is 11.5 Å². The highest BCUT2D eigenvalue weighted by molar-refractivity contribution is 7.80. The van der Waals surface area contributed by atoms with E-state index in [0.29, 0.717) is 16.6 Å². The Kier molecular flexibility index (Phi) is 6.70. The molecular weight excluding hydrogens is 302 g/mol. The second-order valence-corrected chi connectivity index (χ2v) is 5.31. The molecule has 122 valence electrons. The second kappa shape index (κ2) is 8.77. The van der Waals surface area contributed by atoms with E-state index in [-0.39, 0.29) is 0 Å². The number of nitrogens with one attached hydrogen (secondary N) is 2. The molecule has 0 aliphatic carbocycles. The van der Waals surface area contributed by atoms with E-state index >= 15 is 0 Å². The van der Waals surface area contributed by atoms with Crippen molar-refractivity contribution in [3.05, 3.63) is 18.2 Å². The standard InChI is InChI=1S/C15H23N3O3S/c1-19-13-4-3-12(11-14(13)20-2)17-15(22)16-5-6-18-7-9-21-10-8-18/h3-4,11H,5-10H2,1-2H3,(H2,16,17,22). The van der Waals surface area contributed by atoms with E-state index in [4.69, 9.17) is 26.4 Å². The van der Waals surface area contributed by atoms with Crippen molar-refractivity contribution in [3.63, 3.8) is 0 Å². The first-order valence-electron chi connectivity index (χ1n) is 7.30. The van der Waals surface area contributed by atoms with Gasteiger partial charge in [0.15, 0.2) is 16.6 Å². The number of hydrogen-bond donors (Lipinski definition) is 2. The molecule has 6 nitrogen and oxygen atoms in total. The number of methoxy groups -OCH3 is 2. The zero-order valence-electron chi connectivity index (χ0n) is 13.1. The van der Waals surface area contributed by atoms with E-state index in [1.54, 1.807) is 14.2 Å². The van der Waals surface area contributed by atoms with Crippen LogP contribution in [0.2, 0.25) is 0 Å². The maximum absolute atomic E-state index is 5.32. The summed E-state index contributed by atoms with van der Waals surface area (Å²) >= 11 is 5.31. The number of anilines is 1. The van der Waals surface area contributed by atoms with Crippen LogP contribution in [0.1, 0.15) is 0 Å². The van der Waals surface area contributed by atoms with Gasteiger partial charge in [0, 0.05) is 37.9 Å². The maximum Gasteiger partial charge on any atom is 0.170 e. The van der Waals surface area contributed by atoms with Gasteiger partial charge in [-0.2, -0.15) is 0 Å². The highest BCUT2D eigenvalue weighted by atomic mass is 32.1. The van der Waals surface area contributed by atoms with Crippen molar-refractivity contribution in [2.24, 2.45) is 0 Å². The minimum Gasteiger partial charge on any atom is -0.493 e. The van der Waals surface area contributed by atoms with Gasteiger partial charge in [0.05, 0.1) is 27.4 Å². The van der Waals surface area contributed by atoms with E-state index in [0.717, 1.165) is 45.1 Å². The summed E-state index contributed by atoms with van der Waals surface area (Å²) in [5, 5.41) is 6.96. The van der Waals surface area contributed by atoms with Gasteiger partial charge in [0.25, 0.3) is 0 Å². The molecule has 1 aliphatic rings. The number of hydrogen-bond acceptors (Lipinski definition) is 5. The summed E-state index contributed by atoms with van der Waals surface area (Å²) in [6.07, 6.45) is 0. The summed E-state index contributed by atoms with van der Waals surface area (Å²) in [5.41, 5.74) is 0.863. The highest BCUT2D eigenvalue weighted by Gasteiger charge is 2.10. The van der Waals surface area contributed by atoms with Crippen molar-refractivity contribution < 1.29 is 14.2 Å². The zero-order chi connectivity index (χ0) is 15.8. The van der Waals surface area contributed by atoms with Gasteiger partial charge in [0.2, 0.25) is 0 Å². The second-order valence-electron chi connectivity index (χ2n) is 4.90. The van der Waals surface area contributed by atoms with Gasteiger partial charge in [-0.15, -0.1) is 0 Å². The molecule has 0 bridgehead atoms. The first kappa shape index (κ1) is 16.8. The molecule has 1 aromatic rings. The minimum atomic E-state index is 0.598. The fourth-order valence-electron chi connectivity index (χ4n) is 2.24. The first-order chi connectivity index (χ1) is 10.7. The summed E-state index contributed by atoms with van der Waals surface area (Å²) < 4.78 is 15.8. The summed E-state index contributed by atoms with van der Waals surface area (Å²) in [6.45, 7) is 5.36. The van der Waals surface area contributed by atoms with E-state index in [2.05, 4.69) is 15.5 Å². The molecule has 1 saturated heterocycles. The lowest BCUT2D eigenvalue weighted by molar-refractivity contribution is 0.0389. The largest absolute Gasteiger partial charge is 0.493 e. The number of ether oxygens (including phenoxy) is 3. The molecule has 0 radical (unpaired) electrons. The maximum atomic E-state index is 5.32. The van der Waals surface area contributed by atoms with Gasteiger partial charge in [-0.3, -0.25) is 4.90 Å². The molecule has 2 N–H and O–H groups in total. The smallest absolute Gasteiger partial charge is 0.170 e. The monoisotopic (exact) mass is 325 g/mol. The van der Waals surface area contributed by atoms with E-state index in [9.17, 15) is 0 Å². The molecule has 1 fully saturated rings. The van der Waals surface area contributed by atoms with Crippen LogP contribution in [-0.4, -0.2) is 63.6 Å². The molecular formula is C15H23N3O3S. The molecule has 0 aromatic heterocycles. The Balaban J connectivity index is 1.76. The Morgan fingerprint density at radius 2 is 1.95 bits per heavy atom. The molecule has 7 heteroatoms. The lowest BCUT2D eigenvalue weighted by atomic mass is 10.3. The van der Waals surface area contributed by atoms with E-state index < -0.39 is 0 Å². The molecule has 2 rings (SSSR count). The molecule has 0 saturated carbocycles. The predicted molar refractivity (Wildman–Crippen MR) is 91.0 cm³/mol. The molecule has 0 atom stereocenters. The fourth-order valence-corrected chi connectivity index (χ4v) is 2.46. The topological polar surface area (TPSA) is 55.0 Å². The SMILES string of the molecule is COc1ccc(NC(=S)NCCN2CCOCC2)cc1OC. The van der Waals surface area contributed by atoms with Crippen LogP contribution in [0.25, 0.3) is 0 Å². The van der Waals surface area contributed by atoms with Gasteiger partial charge in [-0.25, -0.2) is 0 Å². The Morgan fingerprint density at radius 3 is 2.64 bits per heavy atom. The van der Waals surface area contributed by atoms with Crippen molar-refractivity contribution in [1.82, 2.24) is 10.2 Å². The fraction of sp³-hybridized carbons (Fsp3) is 0.533. The number of benzene rings is 1. The molecule has 1 aliphatic heterocycles. The van der Waals surface area contributed by atoms with Crippen LogP contribution in [0.15, 0.2) is 18.2 Å². The van der Waals surface area contributed by atoms with Gasteiger partial charge in [0.1, 0.15) is 0 Å². The van der Waals surface area contributed by atoms with Crippen LogP contribution < -0.4 is 20.1 Å². The first-order valence-corrected chi connectivity index (χ1v) is 7.70. The van der Waals surface area contributed by atoms with Gasteiger partial charge in [-0.05, 0) is 24.4 Å². The van der Waals surface area contributed by atoms with E-state index in [1.807, 2.05) is 18.2 Å². The van der Waals surface area contributed by atoms with Crippen LogP contribution in [-0.2, 0) is 4.74 Å². The van der Waals surface area contributed by atoms with Gasteiger partial charge >= 0.3 is 0 Å². The molecule has 0 spiro atoms. The van der Waals surface area contributed by atoms with Gasteiger partial charge in [-0.1, -0.05) is 0 Å². The third-order valence-electron chi connectivity index (χ3n) is 3.46. The number of nitrogens with zero attached hydrogens (tertiary/aromatic N) is 1. The summed E-state index contributed by atoms with van der Waals surface area (Å²) in [4.78, 5) is 2.36. The molecule has 1 aromatic carbocycles. The Hall–Kier alpha value is -1.57. The van der Waals surface area contributed by atoms with Crippen LogP contribution in [0, 0.1) is 0 Å². The lowest BCUT2D eigenvalue weighted by Crippen LogP contribution is -2.42. The summed E-state index contributed by atoms with van der Waals surface area (Å²) in [5.74, 6) is 1.36. The van der Waals surface area contributed by atoms with Crippen LogP contribution >= 0.6 is 12.2 Å². The molecule has 0 unspecified atom stereocenters. The Bertz CT molecular complexity index is 493. The highest BCUT2D eigenvalue weighted by Crippen LogP contribution is 2.29. The van der Waals surface area contributed by atoms with Gasteiger partial charge < -0.3 is 24.8 Å². The lowest BCUT2D eigenvalue weighted by Gasteiger charge is -2.26. The van der Waals surface area contributed by atoms with Crippen LogP contribution in [0.5, 0.6) is 11.5 Å². The summed E-state index contributed by atoms with van der Waals surface area (Å²) in [7, 11) is 3.23.